The molecule has 2 N–H and O–H groups in total. The number of amides is 2. The molecule has 0 aromatic heterocycles. The highest BCUT2D eigenvalue weighted by Crippen LogP contribution is 2.26. The standard InChI is InChI=1S/C19H23N3O3/c1-4-13(3)21-18(23)19(24)22-20-12-16-15-9-7-6-8-14(15)10-11-17(16)25-5-2/h6-13H,4-5H2,1-3H3,(H,21,23)(H,22,24)/b20-12-/t13-/m0/s1. The second-order valence-electron chi connectivity index (χ2n) is 5.61. The van der Waals surface area contributed by atoms with Crippen molar-refractivity contribution in [2.75, 3.05) is 6.61 Å². The maximum absolute atomic E-state index is 11.8. The molecule has 0 saturated heterocycles. The molecule has 2 amide bonds. The zero-order chi connectivity index (χ0) is 18.2. The van der Waals surface area contributed by atoms with E-state index in [-0.39, 0.29) is 6.04 Å². The number of rotatable bonds is 6. The van der Waals surface area contributed by atoms with Gasteiger partial charge in [0.15, 0.2) is 0 Å². The first-order valence-corrected chi connectivity index (χ1v) is 8.35. The Morgan fingerprint density at radius 2 is 1.92 bits per heavy atom. The van der Waals surface area contributed by atoms with E-state index in [1.54, 1.807) is 0 Å². The van der Waals surface area contributed by atoms with Gasteiger partial charge in [0.1, 0.15) is 5.75 Å². The van der Waals surface area contributed by atoms with Crippen LogP contribution >= 0.6 is 0 Å². The highest BCUT2D eigenvalue weighted by molar-refractivity contribution is 6.35. The van der Waals surface area contributed by atoms with Crippen LogP contribution in [0, 0.1) is 0 Å². The van der Waals surface area contributed by atoms with E-state index >= 15 is 0 Å². The molecule has 0 unspecified atom stereocenters. The number of hydrogen-bond acceptors (Lipinski definition) is 4. The van der Waals surface area contributed by atoms with Crippen LogP contribution in [-0.4, -0.2) is 30.7 Å². The molecule has 0 aliphatic heterocycles. The van der Waals surface area contributed by atoms with E-state index in [1.165, 1.54) is 6.21 Å². The van der Waals surface area contributed by atoms with Crippen LogP contribution in [0.1, 0.15) is 32.8 Å². The molecule has 25 heavy (non-hydrogen) atoms. The Hall–Kier alpha value is -2.89. The van der Waals surface area contributed by atoms with Gasteiger partial charge in [0.05, 0.1) is 12.8 Å². The smallest absolute Gasteiger partial charge is 0.329 e. The number of nitrogens with one attached hydrogen (secondary N) is 2. The number of hydrogen-bond donors (Lipinski definition) is 2. The summed E-state index contributed by atoms with van der Waals surface area (Å²) < 4.78 is 5.63. The van der Waals surface area contributed by atoms with Crippen LogP contribution < -0.4 is 15.5 Å². The lowest BCUT2D eigenvalue weighted by atomic mass is 10.0. The fourth-order valence-electron chi connectivity index (χ4n) is 2.29. The zero-order valence-electron chi connectivity index (χ0n) is 14.7. The number of carbonyl (C=O) groups is 2. The van der Waals surface area contributed by atoms with Gasteiger partial charge >= 0.3 is 11.8 Å². The Kier molecular flexibility index (Phi) is 6.51. The van der Waals surface area contributed by atoms with Crippen LogP contribution in [0.4, 0.5) is 0 Å². The minimum Gasteiger partial charge on any atom is -0.493 e. The van der Waals surface area contributed by atoms with Crippen molar-refractivity contribution in [3.8, 4) is 5.75 Å². The molecule has 2 aromatic rings. The third-order valence-corrected chi connectivity index (χ3v) is 3.79. The summed E-state index contributed by atoms with van der Waals surface area (Å²) in [5, 5.41) is 8.50. The molecule has 6 nitrogen and oxygen atoms in total. The molecule has 0 saturated carbocycles. The lowest BCUT2D eigenvalue weighted by molar-refractivity contribution is -0.139. The van der Waals surface area contributed by atoms with Gasteiger partial charge in [-0.25, -0.2) is 5.43 Å². The van der Waals surface area contributed by atoms with Gasteiger partial charge in [-0.15, -0.1) is 0 Å². The minimum absolute atomic E-state index is 0.0650. The van der Waals surface area contributed by atoms with Crippen molar-refractivity contribution in [1.29, 1.82) is 0 Å². The maximum Gasteiger partial charge on any atom is 0.329 e. The van der Waals surface area contributed by atoms with Gasteiger partial charge in [0.2, 0.25) is 0 Å². The lowest BCUT2D eigenvalue weighted by Crippen LogP contribution is -2.41. The van der Waals surface area contributed by atoms with Crippen LogP contribution in [0.5, 0.6) is 5.75 Å². The summed E-state index contributed by atoms with van der Waals surface area (Å²) in [6.07, 6.45) is 2.25. The van der Waals surface area contributed by atoms with Gasteiger partial charge in [0.25, 0.3) is 0 Å². The van der Waals surface area contributed by atoms with E-state index in [0.717, 1.165) is 22.8 Å². The summed E-state index contributed by atoms with van der Waals surface area (Å²) in [4.78, 5) is 23.5. The van der Waals surface area contributed by atoms with E-state index in [0.29, 0.717) is 12.4 Å². The number of nitrogens with zero attached hydrogens (tertiary/aromatic N) is 1. The second kappa shape index (κ2) is 8.82. The van der Waals surface area contributed by atoms with Crippen molar-refractivity contribution in [2.24, 2.45) is 5.10 Å². The molecule has 0 spiro atoms. The van der Waals surface area contributed by atoms with Gasteiger partial charge < -0.3 is 10.1 Å². The van der Waals surface area contributed by atoms with Crippen LogP contribution in [0.3, 0.4) is 0 Å². The molecule has 0 aliphatic rings. The maximum atomic E-state index is 11.8. The Morgan fingerprint density at radius 1 is 1.16 bits per heavy atom. The molecule has 1 atom stereocenters. The number of benzene rings is 2. The monoisotopic (exact) mass is 341 g/mol. The molecular weight excluding hydrogens is 318 g/mol. The molecule has 0 radical (unpaired) electrons. The Labute approximate surface area is 147 Å². The highest BCUT2D eigenvalue weighted by atomic mass is 16.5. The predicted molar refractivity (Wildman–Crippen MR) is 98.7 cm³/mol. The summed E-state index contributed by atoms with van der Waals surface area (Å²) >= 11 is 0. The summed E-state index contributed by atoms with van der Waals surface area (Å²) in [6, 6.07) is 11.6. The van der Waals surface area contributed by atoms with Crippen LogP contribution in [0.15, 0.2) is 41.5 Å². The average Bonchev–Trinajstić information content (AvgIpc) is 2.62. The fraction of sp³-hybridized carbons (Fsp3) is 0.316. The van der Waals surface area contributed by atoms with Crippen LogP contribution in [0.2, 0.25) is 0 Å². The fourth-order valence-corrected chi connectivity index (χ4v) is 2.29. The van der Waals surface area contributed by atoms with E-state index < -0.39 is 11.8 Å². The average molecular weight is 341 g/mol. The normalized spacial score (nSPS) is 12.1. The molecular formula is C19H23N3O3. The van der Waals surface area contributed by atoms with Crippen molar-refractivity contribution < 1.29 is 14.3 Å². The van der Waals surface area contributed by atoms with Crippen molar-refractivity contribution in [3.05, 3.63) is 42.0 Å². The lowest BCUT2D eigenvalue weighted by Gasteiger charge is -2.11. The predicted octanol–water partition coefficient (Wildman–Crippen LogP) is 2.60. The zero-order valence-corrected chi connectivity index (χ0v) is 14.7. The van der Waals surface area contributed by atoms with Crippen molar-refractivity contribution >= 4 is 28.8 Å². The number of ether oxygens (including phenoxy) is 1. The van der Waals surface area contributed by atoms with Crippen molar-refractivity contribution in [3.63, 3.8) is 0 Å². The van der Waals surface area contributed by atoms with E-state index in [2.05, 4.69) is 15.8 Å². The van der Waals surface area contributed by atoms with Gasteiger partial charge in [0, 0.05) is 11.6 Å². The van der Waals surface area contributed by atoms with Gasteiger partial charge in [-0.2, -0.15) is 5.10 Å². The van der Waals surface area contributed by atoms with Gasteiger partial charge in [-0.1, -0.05) is 37.3 Å². The first-order chi connectivity index (χ1) is 12.1. The number of hydrazone groups is 1. The first-order valence-electron chi connectivity index (χ1n) is 8.35. The SMILES string of the molecule is CCOc1ccc2ccccc2c1/C=N\NC(=O)C(=O)N[C@@H](C)CC. The first kappa shape index (κ1) is 18.4. The van der Waals surface area contributed by atoms with Gasteiger partial charge in [-0.05, 0) is 37.1 Å². The van der Waals surface area contributed by atoms with E-state index in [1.807, 2.05) is 57.2 Å². The Morgan fingerprint density at radius 3 is 2.64 bits per heavy atom. The van der Waals surface area contributed by atoms with Crippen molar-refractivity contribution in [1.82, 2.24) is 10.7 Å². The Bertz CT molecular complexity index is 787. The molecule has 0 heterocycles. The summed E-state index contributed by atoms with van der Waals surface area (Å²) in [5.41, 5.74) is 3.01. The van der Waals surface area contributed by atoms with Gasteiger partial charge in [-0.3, -0.25) is 9.59 Å². The quantitative estimate of drug-likeness (QED) is 0.481. The van der Waals surface area contributed by atoms with E-state index in [4.69, 9.17) is 4.74 Å². The van der Waals surface area contributed by atoms with Crippen molar-refractivity contribution in [2.45, 2.75) is 33.2 Å². The number of fused-ring (bicyclic) bond motifs is 1. The molecule has 2 rings (SSSR count). The molecule has 0 bridgehead atoms. The Balaban J connectivity index is 2.18. The van der Waals surface area contributed by atoms with Crippen LogP contribution in [-0.2, 0) is 9.59 Å². The topological polar surface area (TPSA) is 79.8 Å². The van der Waals surface area contributed by atoms with Crippen LogP contribution in [0.25, 0.3) is 10.8 Å². The third-order valence-electron chi connectivity index (χ3n) is 3.79. The largest absolute Gasteiger partial charge is 0.493 e. The molecule has 0 fully saturated rings. The summed E-state index contributed by atoms with van der Waals surface area (Å²) in [7, 11) is 0. The summed E-state index contributed by atoms with van der Waals surface area (Å²) in [6.45, 7) is 6.18. The minimum atomic E-state index is -0.797. The molecule has 0 aliphatic carbocycles. The second-order valence-corrected chi connectivity index (χ2v) is 5.61. The molecule has 132 valence electrons. The summed E-state index contributed by atoms with van der Waals surface area (Å²) in [5.74, 6) is -0.826. The highest BCUT2D eigenvalue weighted by Gasteiger charge is 2.14. The molecule has 2 aromatic carbocycles. The number of carbonyl (C=O) groups excluding carboxylic acids is 2. The molecule has 6 heteroatoms. The van der Waals surface area contributed by atoms with E-state index in [9.17, 15) is 9.59 Å². The third kappa shape index (κ3) is 4.79.